The van der Waals surface area contributed by atoms with Gasteiger partial charge in [0.25, 0.3) is 0 Å². The summed E-state index contributed by atoms with van der Waals surface area (Å²) in [6.45, 7) is 10.2. The van der Waals surface area contributed by atoms with Gasteiger partial charge < -0.3 is 4.90 Å². The molecule has 0 saturated carbocycles. The summed E-state index contributed by atoms with van der Waals surface area (Å²) in [7, 11) is 0. The van der Waals surface area contributed by atoms with Crippen LogP contribution in [0.5, 0.6) is 0 Å². The molecule has 3 aliphatic heterocycles. The maximum absolute atomic E-state index is 13.4. The highest BCUT2D eigenvalue weighted by molar-refractivity contribution is 6.10. The summed E-state index contributed by atoms with van der Waals surface area (Å²) in [5.41, 5.74) is 6.66. The van der Waals surface area contributed by atoms with E-state index in [0.717, 1.165) is 46.9 Å². The van der Waals surface area contributed by atoms with Crippen molar-refractivity contribution in [2.24, 2.45) is 11.8 Å². The number of piperidine rings is 3. The second kappa shape index (κ2) is 9.31. The number of ketones is 1. The molecule has 5 rings (SSSR count). The average Bonchev–Trinajstić information content (AvgIpc) is 2.78. The van der Waals surface area contributed by atoms with E-state index < -0.39 is 0 Å². The van der Waals surface area contributed by atoms with Crippen LogP contribution in [0.25, 0.3) is 11.1 Å². The molecule has 2 aromatic carbocycles. The molecule has 0 amide bonds. The molecule has 2 bridgehead atoms. The number of fused-ring (bicyclic) bond motifs is 3. The lowest BCUT2D eigenvalue weighted by Crippen LogP contribution is -2.47. The Morgan fingerprint density at radius 2 is 1.83 bits per heavy atom. The fourth-order valence-corrected chi connectivity index (χ4v) is 5.36. The standard InChI is InChI=1S/C28H35NO/c1-4-22-6-5-7-26(24-11-8-20(2)9-12-24)28(22)27(30)18-21(3)10-13-25-19-29-16-14-23(25)15-17-29/h5-9,11-12,18,23,25H,4,10,13-17,19H2,1-3H3. The molecule has 0 aliphatic carbocycles. The molecule has 1 atom stereocenters. The van der Waals surface area contributed by atoms with E-state index in [1.807, 2.05) is 6.08 Å². The van der Waals surface area contributed by atoms with E-state index in [1.54, 1.807) is 0 Å². The van der Waals surface area contributed by atoms with E-state index >= 15 is 0 Å². The van der Waals surface area contributed by atoms with Gasteiger partial charge in [0.15, 0.2) is 5.78 Å². The van der Waals surface area contributed by atoms with Gasteiger partial charge in [0.1, 0.15) is 0 Å². The quantitative estimate of drug-likeness (QED) is 0.391. The van der Waals surface area contributed by atoms with Gasteiger partial charge in [-0.2, -0.15) is 0 Å². The van der Waals surface area contributed by atoms with Crippen molar-refractivity contribution < 1.29 is 4.79 Å². The lowest BCUT2D eigenvalue weighted by Gasteiger charge is -2.45. The van der Waals surface area contributed by atoms with E-state index in [9.17, 15) is 4.79 Å². The van der Waals surface area contributed by atoms with Crippen molar-refractivity contribution in [1.82, 2.24) is 4.90 Å². The molecule has 3 heterocycles. The Bertz CT molecular complexity index is 916. The Hall–Kier alpha value is -2.19. The molecule has 30 heavy (non-hydrogen) atoms. The van der Waals surface area contributed by atoms with Crippen molar-refractivity contribution >= 4 is 5.78 Å². The summed E-state index contributed by atoms with van der Waals surface area (Å²) in [6.07, 6.45) is 7.78. The van der Waals surface area contributed by atoms with E-state index in [-0.39, 0.29) is 5.78 Å². The van der Waals surface area contributed by atoms with Gasteiger partial charge in [-0.1, -0.05) is 60.5 Å². The van der Waals surface area contributed by atoms with Crippen LogP contribution in [-0.4, -0.2) is 30.3 Å². The van der Waals surface area contributed by atoms with Gasteiger partial charge in [0.05, 0.1) is 0 Å². The Morgan fingerprint density at radius 3 is 2.47 bits per heavy atom. The van der Waals surface area contributed by atoms with Crippen LogP contribution in [0, 0.1) is 18.8 Å². The van der Waals surface area contributed by atoms with Crippen molar-refractivity contribution in [2.75, 3.05) is 19.6 Å². The number of hydrogen-bond donors (Lipinski definition) is 0. The third-order valence-corrected chi connectivity index (χ3v) is 7.22. The maximum Gasteiger partial charge on any atom is 0.186 e. The van der Waals surface area contributed by atoms with Crippen LogP contribution in [0.1, 0.15) is 61.0 Å². The van der Waals surface area contributed by atoms with Crippen LogP contribution in [0.15, 0.2) is 54.1 Å². The number of aryl methyl sites for hydroxylation is 2. The lowest BCUT2D eigenvalue weighted by atomic mass is 9.76. The molecule has 0 radical (unpaired) electrons. The smallest absolute Gasteiger partial charge is 0.186 e. The van der Waals surface area contributed by atoms with Gasteiger partial charge in [-0.3, -0.25) is 4.79 Å². The Kier molecular flexibility index (Phi) is 6.53. The normalized spacial score (nSPS) is 23.6. The molecule has 3 fully saturated rings. The summed E-state index contributed by atoms with van der Waals surface area (Å²) in [4.78, 5) is 16.0. The van der Waals surface area contributed by atoms with Crippen molar-refractivity contribution in [3.63, 3.8) is 0 Å². The Balaban J connectivity index is 1.52. The first-order valence-corrected chi connectivity index (χ1v) is 11.7. The lowest BCUT2D eigenvalue weighted by molar-refractivity contribution is 0.0469. The average molecular weight is 402 g/mol. The minimum atomic E-state index is 0.162. The van der Waals surface area contributed by atoms with Crippen LogP contribution >= 0.6 is 0 Å². The topological polar surface area (TPSA) is 20.3 Å². The molecule has 1 unspecified atom stereocenters. The second-order valence-corrected chi connectivity index (χ2v) is 9.35. The zero-order valence-electron chi connectivity index (χ0n) is 18.8. The number of nitrogens with zero attached hydrogens (tertiary/aromatic N) is 1. The zero-order chi connectivity index (χ0) is 21.1. The zero-order valence-corrected chi connectivity index (χ0v) is 18.8. The highest BCUT2D eigenvalue weighted by atomic mass is 16.1. The van der Waals surface area contributed by atoms with E-state index in [4.69, 9.17) is 0 Å². The van der Waals surface area contributed by atoms with Crippen molar-refractivity contribution in [1.29, 1.82) is 0 Å². The maximum atomic E-state index is 13.4. The summed E-state index contributed by atoms with van der Waals surface area (Å²) in [5, 5.41) is 0. The summed E-state index contributed by atoms with van der Waals surface area (Å²) >= 11 is 0. The number of rotatable bonds is 7. The van der Waals surface area contributed by atoms with Crippen LogP contribution < -0.4 is 0 Å². The number of hydrogen-bond acceptors (Lipinski definition) is 2. The Labute approximate surface area is 182 Å². The molecular weight excluding hydrogens is 366 g/mol. The molecule has 0 N–H and O–H groups in total. The second-order valence-electron chi connectivity index (χ2n) is 9.35. The largest absolute Gasteiger partial charge is 0.303 e. The Morgan fingerprint density at radius 1 is 1.10 bits per heavy atom. The number of benzene rings is 2. The van der Waals surface area contributed by atoms with Gasteiger partial charge >= 0.3 is 0 Å². The molecule has 158 valence electrons. The van der Waals surface area contributed by atoms with Gasteiger partial charge in [-0.15, -0.1) is 0 Å². The molecule has 0 aromatic heterocycles. The van der Waals surface area contributed by atoms with E-state index in [1.165, 1.54) is 50.0 Å². The van der Waals surface area contributed by atoms with Crippen molar-refractivity contribution in [2.45, 2.75) is 52.9 Å². The van der Waals surface area contributed by atoms with Crippen LogP contribution in [0.4, 0.5) is 0 Å². The summed E-state index contributed by atoms with van der Waals surface area (Å²) in [5.74, 6) is 1.89. The molecule has 2 heteroatoms. The molecule has 2 nitrogen and oxygen atoms in total. The van der Waals surface area contributed by atoms with Crippen molar-refractivity contribution in [3.8, 4) is 11.1 Å². The third-order valence-electron chi connectivity index (χ3n) is 7.22. The summed E-state index contributed by atoms with van der Waals surface area (Å²) < 4.78 is 0. The molecule has 2 aromatic rings. The SMILES string of the molecule is CCc1cccc(-c2ccc(C)cc2)c1C(=O)C=C(C)CCC1CN2CCC1CC2. The fraction of sp³-hybridized carbons (Fsp3) is 0.464. The third kappa shape index (κ3) is 4.59. The first kappa shape index (κ1) is 21.1. The van der Waals surface area contributed by atoms with Gasteiger partial charge in [0, 0.05) is 12.1 Å². The number of allylic oxidation sites excluding steroid dienone is 2. The molecule has 0 spiro atoms. The van der Waals surface area contributed by atoms with Crippen LogP contribution in [-0.2, 0) is 6.42 Å². The monoisotopic (exact) mass is 401 g/mol. The minimum absolute atomic E-state index is 0.162. The first-order valence-electron chi connectivity index (χ1n) is 11.7. The van der Waals surface area contributed by atoms with Gasteiger partial charge in [0.2, 0.25) is 0 Å². The van der Waals surface area contributed by atoms with Crippen molar-refractivity contribution in [3.05, 3.63) is 70.8 Å². The fourth-order valence-electron chi connectivity index (χ4n) is 5.36. The molecular formula is C28H35NO. The first-order chi connectivity index (χ1) is 14.5. The van der Waals surface area contributed by atoms with Crippen LogP contribution in [0.2, 0.25) is 0 Å². The van der Waals surface area contributed by atoms with E-state index in [0.29, 0.717) is 0 Å². The molecule has 3 saturated heterocycles. The van der Waals surface area contributed by atoms with Crippen LogP contribution in [0.3, 0.4) is 0 Å². The predicted molar refractivity (Wildman–Crippen MR) is 126 cm³/mol. The van der Waals surface area contributed by atoms with E-state index in [2.05, 4.69) is 68.1 Å². The highest BCUT2D eigenvalue weighted by Crippen LogP contribution is 2.35. The number of carbonyl (C=O) groups excluding carboxylic acids is 1. The predicted octanol–water partition coefficient (Wildman–Crippen LogP) is 6.48. The van der Waals surface area contributed by atoms with Gasteiger partial charge in [-0.05, 0) is 93.6 Å². The number of carbonyl (C=O) groups is 1. The summed E-state index contributed by atoms with van der Waals surface area (Å²) in [6, 6.07) is 14.8. The highest BCUT2D eigenvalue weighted by Gasteiger charge is 2.33. The minimum Gasteiger partial charge on any atom is -0.303 e. The van der Waals surface area contributed by atoms with Gasteiger partial charge in [-0.25, -0.2) is 0 Å². The molecule has 3 aliphatic rings.